The van der Waals surface area contributed by atoms with Gasteiger partial charge in [-0.25, -0.2) is 0 Å². The van der Waals surface area contributed by atoms with Gasteiger partial charge in [-0.3, -0.25) is 4.79 Å². The largest absolute Gasteiger partial charge is 0.493 e. The number of aromatic nitrogens is 4. The fourth-order valence-corrected chi connectivity index (χ4v) is 1.20. The van der Waals surface area contributed by atoms with Gasteiger partial charge in [0.2, 0.25) is 11.8 Å². The second-order valence-corrected chi connectivity index (χ2v) is 3.32. The van der Waals surface area contributed by atoms with Gasteiger partial charge in [0.05, 0.1) is 12.7 Å². The number of rotatable bonds is 2. The molecule has 0 aliphatic rings. The molecule has 2 aromatic rings. The molecule has 0 radical (unpaired) electrons. The van der Waals surface area contributed by atoms with Gasteiger partial charge in [0.15, 0.2) is 5.82 Å². The molecule has 88 valence electrons. The summed E-state index contributed by atoms with van der Waals surface area (Å²) in [6.45, 7) is 1.48. The zero-order valence-electron chi connectivity index (χ0n) is 9.26. The van der Waals surface area contributed by atoms with Crippen LogP contribution in [-0.2, 0) is 0 Å². The highest BCUT2D eigenvalue weighted by Gasteiger charge is 2.09. The standard InChI is InChI=1S/C10H10N4O3/c1-5-9(15)11-8(12-10(5)16)6-3-4-7(17-2)14-13-6/h3-4H,1-2H3,(H2,11,12,15,16). The van der Waals surface area contributed by atoms with Crippen LogP contribution in [0.2, 0.25) is 0 Å². The van der Waals surface area contributed by atoms with Crippen molar-refractivity contribution in [3.05, 3.63) is 28.0 Å². The summed E-state index contributed by atoms with van der Waals surface area (Å²) in [7, 11) is 1.47. The Morgan fingerprint density at radius 1 is 1.35 bits per heavy atom. The van der Waals surface area contributed by atoms with Crippen molar-refractivity contribution < 1.29 is 9.84 Å². The molecule has 0 amide bonds. The maximum Gasteiger partial charge on any atom is 0.257 e. The molecule has 0 bridgehead atoms. The summed E-state index contributed by atoms with van der Waals surface area (Å²) in [4.78, 5) is 17.7. The van der Waals surface area contributed by atoms with Crippen molar-refractivity contribution >= 4 is 0 Å². The predicted octanol–water partition coefficient (Wildman–Crippen LogP) is 0.250. The van der Waals surface area contributed by atoms with Crippen molar-refractivity contribution in [2.75, 3.05) is 7.11 Å². The molecule has 17 heavy (non-hydrogen) atoms. The minimum atomic E-state index is -0.412. The van der Waals surface area contributed by atoms with Crippen LogP contribution in [0.15, 0.2) is 16.9 Å². The number of hydrogen-bond acceptors (Lipinski definition) is 6. The van der Waals surface area contributed by atoms with Crippen molar-refractivity contribution in [3.63, 3.8) is 0 Å². The number of aromatic amines is 1. The normalized spacial score (nSPS) is 10.2. The van der Waals surface area contributed by atoms with Crippen LogP contribution in [0.1, 0.15) is 5.56 Å². The van der Waals surface area contributed by atoms with Crippen LogP contribution in [0.5, 0.6) is 11.8 Å². The molecule has 0 unspecified atom stereocenters. The van der Waals surface area contributed by atoms with E-state index in [2.05, 4.69) is 20.2 Å². The Labute approximate surface area is 96.1 Å². The maximum atomic E-state index is 11.4. The molecule has 7 heteroatoms. The minimum absolute atomic E-state index is 0.160. The molecule has 2 aromatic heterocycles. The second kappa shape index (κ2) is 4.20. The smallest absolute Gasteiger partial charge is 0.257 e. The van der Waals surface area contributed by atoms with Crippen LogP contribution >= 0.6 is 0 Å². The molecule has 2 rings (SSSR count). The van der Waals surface area contributed by atoms with Crippen LogP contribution in [0.3, 0.4) is 0 Å². The van der Waals surface area contributed by atoms with E-state index in [4.69, 9.17) is 4.74 Å². The Hall–Kier alpha value is -2.44. The van der Waals surface area contributed by atoms with E-state index in [1.807, 2.05) is 0 Å². The van der Waals surface area contributed by atoms with Gasteiger partial charge in [0.25, 0.3) is 5.56 Å². The van der Waals surface area contributed by atoms with Crippen molar-refractivity contribution in [1.82, 2.24) is 20.2 Å². The average Bonchev–Trinajstić information content (AvgIpc) is 2.35. The van der Waals surface area contributed by atoms with E-state index in [-0.39, 0.29) is 17.3 Å². The molecule has 0 saturated carbocycles. The molecule has 0 fully saturated rings. The van der Waals surface area contributed by atoms with Crippen molar-refractivity contribution in [2.24, 2.45) is 0 Å². The van der Waals surface area contributed by atoms with Crippen molar-refractivity contribution in [3.8, 4) is 23.3 Å². The average molecular weight is 234 g/mol. The fourth-order valence-electron chi connectivity index (χ4n) is 1.20. The Balaban J connectivity index is 2.49. The quantitative estimate of drug-likeness (QED) is 0.772. The van der Waals surface area contributed by atoms with Gasteiger partial charge in [-0.05, 0) is 13.0 Å². The second-order valence-electron chi connectivity index (χ2n) is 3.32. The van der Waals surface area contributed by atoms with Crippen molar-refractivity contribution in [2.45, 2.75) is 6.92 Å². The van der Waals surface area contributed by atoms with Gasteiger partial charge >= 0.3 is 0 Å². The Morgan fingerprint density at radius 2 is 2.12 bits per heavy atom. The first-order valence-electron chi connectivity index (χ1n) is 4.80. The van der Waals surface area contributed by atoms with Crippen LogP contribution in [0.25, 0.3) is 11.5 Å². The highest BCUT2D eigenvalue weighted by atomic mass is 16.5. The monoisotopic (exact) mass is 234 g/mol. The van der Waals surface area contributed by atoms with Crippen LogP contribution in [0.4, 0.5) is 0 Å². The molecule has 0 aliphatic carbocycles. The molecule has 0 atom stereocenters. The molecule has 0 spiro atoms. The third-order valence-corrected chi connectivity index (χ3v) is 2.22. The number of nitrogens with one attached hydrogen (secondary N) is 1. The zero-order valence-corrected chi connectivity index (χ0v) is 9.26. The minimum Gasteiger partial charge on any atom is -0.493 e. The predicted molar refractivity (Wildman–Crippen MR) is 58.8 cm³/mol. The molecule has 7 nitrogen and oxygen atoms in total. The van der Waals surface area contributed by atoms with Crippen LogP contribution < -0.4 is 10.3 Å². The highest BCUT2D eigenvalue weighted by Crippen LogP contribution is 2.15. The van der Waals surface area contributed by atoms with E-state index in [1.54, 1.807) is 12.1 Å². The number of hydrogen-bond donors (Lipinski definition) is 2. The number of aromatic hydroxyl groups is 1. The summed E-state index contributed by atoms with van der Waals surface area (Å²) < 4.78 is 4.86. The van der Waals surface area contributed by atoms with E-state index < -0.39 is 5.56 Å². The summed E-state index contributed by atoms with van der Waals surface area (Å²) in [5.74, 6) is 0.196. The van der Waals surface area contributed by atoms with E-state index in [0.29, 0.717) is 11.6 Å². The lowest BCUT2D eigenvalue weighted by Gasteiger charge is -2.02. The lowest BCUT2D eigenvalue weighted by molar-refractivity contribution is 0.392. The lowest BCUT2D eigenvalue weighted by atomic mass is 10.3. The summed E-state index contributed by atoms with van der Waals surface area (Å²) in [6.07, 6.45) is 0. The van der Waals surface area contributed by atoms with Crippen LogP contribution in [-0.4, -0.2) is 32.4 Å². The SMILES string of the molecule is COc1ccc(-c2nc(O)c(C)c(=O)[nH]2)nn1. The first kappa shape index (κ1) is 11.1. The Morgan fingerprint density at radius 3 is 2.65 bits per heavy atom. The van der Waals surface area contributed by atoms with Crippen LogP contribution in [0, 0.1) is 6.92 Å². The topological polar surface area (TPSA) is 101 Å². The molecule has 0 aliphatic heterocycles. The Kier molecular flexibility index (Phi) is 2.73. The summed E-state index contributed by atoms with van der Waals surface area (Å²) in [5, 5.41) is 17.0. The molecular formula is C10H10N4O3. The van der Waals surface area contributed by atoms with E-state index in [9.17, 15) is 9.90 Å². The first-order valence-corrected chi connectivity index (χ1v) is 4.80. The molecule has 0 aromatic carbocycles. The summed E-state index contributed by atoms with van der Waals surface area (Å²) in [6, 6.07) is 3.16. The van der Waals surface area contributed by atoms with Gasteiger partial charge in [0.1, 0.15) is 5.69 Å². The third-order valence-electron chi connectivity index (χ3n) is 2.22. The first-order chi connectivity index (χ1) is 8.11. The van der Waals surface area contributed by atoms with E-state index >= 15 is 0 Å². The molecule has 2 N–H and O–H groups in total. The van der Waals surface area contributed by atoms with Gasteiger partial charge in [-0.2, -0.15) is 4.98 Å². The molecular weight excluding hydrogens is 224 g/mol. The summed E-state index contributed by atoms with van der Waals surface area (Å²) in [5.41, 5.74) is 0.0959. The lowest BCUT2D eigenvalue weighted by Crippen LogP contribution is -2.12. The van der Waals surface area contributed by atoms with E-state index in [1.165, 1.54) is 14.0 Å². The third kappa shape index (κ3) is 2.07. The maximum absolute atomic E-state index is 11.4. The van der Waals surface area contributed by atoms with Gasteiger partial charge in [0, 0.05) is 6.07 Å². The number of H-pyrrole nitrogens is 1. The molecule has 2 heterocycles. The zero-order chi connectivity index (χ0) is 12.4. The van der Waals surface area contributed by atoms with Gasteiger partial charge in [-0.15, -0.1) is 10.2 Å². The van der Waals surface area contributed by atoms with Gasteiger partial charge < -0.3 is 14.8 Å². The van der Waals surface area contributed by atoms with Gasteiger partial charge in [-0.1, -0.05) is 0 Å². The van der Waals surface area contributed by atoms with Crippen molar-refractivity contribution in [1.29, 1.82) is 0 Å². The molecule has 0 saturated heterocycles. The Bertz CT molecular complexity index is 591. The fraction of sp³-hybridized carbons (Fsp3) is 0.200. The summed E-state index contributed by atoms with van der Waals surface area (Å²) >= 11 is 0. The number of ether oxygens (including phenoxy) is 1. The number of nitrogens with zero attached hydrogens (tertiary/aromatic N) is 3. The number of methoxy groups -OCH3 is 1. The van der Waals surface area contributed by atoms with E-state index in [0.717, 1.165) is 0 Å². The highest BCUT2D eigenvalue weighted by molar-refractivity contribution is 5.49.